The molecule has 2 amide bonds. The van der Waals surface area contributed by atoms with Gasteiger partial charge in [-0.1, -0.05) is 20.3 Å². The maximum absolute atomic E-state index is 11.5. The molecule has 2 atom stereocenters. The highest BCUT2D eigenvalue weighted by Gasteiger charge is 2.40. The van der Waals surface area contributed by atoms with E-state index in [4.69, 9.17) is 12.2 Å². The second-order valence-corrected chi connectivity index (χ2v) is 3.90. The molecule has 1 fully saturated rings. The number of rotatable bonds is 2. The lowest BCUT2D eigenvalue weighted by Gasteiger charge is -2.24. The number of nitrogens with one attached hydrogen (secondary N) is 1. The summed E-state index contributed by atoms with van der Waals surface area (Å²) in [5, 5.41) is 2.74. The van der Waals surface area contributed by atoms with Crippen LogP contribution in [0.15, 0.2) is 0 Å². The summed E-state index contributed by atoms with van der Waals surface area (Å²) in [5.74, 6) is -0.224. The molecule has 0 radical (unpaired) electrons. The highest BCUT2D eigenvalue weighted by Crippen LogP contribution is 2.19. The summed E-state index contributed by atoms with van der Waals surface area (Å²) in [6.07, 6.45) is 0.838. The number of amides is 2. The molecule has 1 rings (SSSR count). The van der Waals surface area contributed by atoms with Crippen molar-refractivity contribution < 1.29 is 9.59 Å². The number of hydrogen-bond acceptors (Lipinski definition) is 3. The minimum Gasteiger partial charge on any atom is -0.301 e. The standard InChI is InChI=1S/C9H14N2O2S/c1-4-5(2)7-8(13)10-9(14)11(7)6(3)12/h5,7H,4H2,1-3H3,(H,10,13,14). The van der Waals surface area contributed by atoms with E-state index in [1.807, 2.05) is 13.8 Å². The molecule has 0 aromatic carbocycles. The molecule has 0 aliphatic carbocycles. The third kappa shape index (κ3) is 1.77. The summed E-state index contributed by atoms with van der Waals surface area (Å²) >= 11 is 4.91. The first kappa shape index (κ1) is 11.1. The van der Waals surface area contributed by atoms with Gasteiger partial charge in [0.15, 0.2) is 5.11 Å². The van der Waals surface area contributed by atoms with E-state index in [1.54, 1.807) is 0 Å². The van der Waals surface area contributed by atoms with Crippen molar-refractivity contribution in [2.75, 3.05) is 0 Å². The Morgan fingerprint density at radius 1 is 1.71 bits per heavy atom. The molecular weight excluding hydrogens is 200 g/mol. The van der Waals surface area contributed by atoms with Gasteiger partial charge in [-0.2, -0.15) is 0 Å². The molecule has 0 aromatic rings. The van der Waals surface area contributed by atoms with Crippen molar-refractivity contribution in [2.45, 2.75) is 33.2 Å². The molecule has 4 nitrogen and oxygen atoms in total. The molecule has 1 aliphatic heterocycles. The molecular formula is C9H14N2O2S. The van der Waals surface area contributed by atoms with Gasteiger partial charge in [-0.15, -0.1) is 0 Å². The van der Waals surface area contributed by atoms with E-state index in [0.29, 0.717) is 0 Å². The fraction of sp³-hybridized carbons (Fsp3) is 0.667. The first-order valence-electron chi connectivity index (χ1n) is 4.63. The van der Waals surface area contributed by atoms with Gasteiger partial charge in [0, 0.05) is 6.92 Å². The molecule has 0 aromatic heterocycles. The van der Waals surface area contributed by atoms with Crippen molar-refractivity contribution in [1.29, 1.82) is 0 Å². The summed E-state index contributed by atoms with van der Waals surface area (Å²) < 4.78 is 0. The highest BCUT2D eigenvalue weighted by atomic mass is 32.1. The third-order valence-corrected chi connectivity index (χ3v) is 2.82. The Balaban J connectivity index is 2.94. The van der Waals surface area contributed by atoms with Crippen LogP contribution in [-0.4, -0.2) is 27.9 Å². The predicted octanol–water partition coefficient (Wildman–Crippen LogP) is 0.664. The molecule has 1 heterocycles. The van der Waals surface area contributed by atoms with Crippen molar-refractivity contribution in [3.63, 3.8) is 0 Å². The van der Waals surface area contributed by atoms with Crippen LogP contribution in [-0.2, 0) is 9.59 Å². The monoisotopic (exact) mass is 214 g/mol. The first-order valence-corrected chi connectivity index (χ1v) is 5.04. The van der Waals surface area contributed by atoms with Crippen LogP contribution in [0.2, 0.25) is 0 Å². The van der Waals surface area contributed by atoms with Crippen molar-refractivity contribution in [1.82, 2.24) is 10.2 Å². The molecule has 0 spiro atoms. The second kappa shape index (κ2) is 4.04. The fourth-order valence-electron chi connectivity index (χ4n) is 1.56. The minimum atomic E-state index is -0.426. The number of hydrogen-bond donors (Lipinski definition) is 1. The molecule has 1 aliphatic rings. The lowest BCUT2D eigenvalue weighted by atomic mass is 9.98. The zero-order chi connectivity index (χ0) is 10.9. The maximum atomic E-state index is 11.5. The number of carbonyl (C=O) groups is 2. The molecule has 1 N–H and O–H groups in total. The van der Waals surface area contributed by atoms with Crippen LogP contribution in [0.4, 0.5) is 0 Å². The number of nitrogens with zero attached hydrogens (tertiary/aromatic N) is 1. The molecule has 0 bridgehead atoms. The van der Waals surface area contributed by atoms with Crippen LogP contribution in [0.5, 0.6) is 0 Å². The Hall–Kier alpha value is -0.970. The van der Waals surface area contributed by atoms with Gasteiger partial charge in [-0.05, 0) is 18.1 Å². The highest BCUT2D eigenvalue weighted by molar-refractivity contribution is 7.80. The van der Waals surface area contributed by atoms with E-state index in [1.165, 1.54) is 11.8 Å². The molecule has 2 unspecified atom stereocenters. The lowest BCUT2D eigenvalue weighted by Crippen LogP contribution is -2.42. The topological polar surface area (TPSA) is 49.4 Å². The third-order valence-electron chi connectivity index (χ3n) is 2.52. The Kier molecular flexibility index (Phi) is 3.21. The summed E-state index contributed by atoms with van der Waals surface area (Å²) in [4.78, 5) is 24.2. The second-order valence-electron chi connectivity index (χ2n) is 3.51. The van der Waals surface area contributed by atoms with Gasteiger partial charge in [0.2, 0.25) is 11.8 Å². The van der Waals surface area contributed by atoms with Crippen LogP contribution < -0.4 is 5.32 Å². The van der Waals surface area contributed by atoms with Gasteiger partial charge in [-0.25, -0.2) is 0 Å². The van der Waals surface area contributed by atoms with Crippen LogP contribution in [0.1, 0.15) is 27.2 Å². The van der Waals surface area contributed by atoms with Gasteiger partial charge < -0.3 is 5.32 Å². The van der Waals surface area contributed by atoms with Crippen LogP contribution in [0, 0.1) is 5.92 Å². The van der Waals surface area contributed by atoms with Gasteiger partial charge in [0.1, 0.15) is 6.04 Å². The van der Waals surface area contributed by atoms with E-state index in [-0.39, 0.29) is 22.8 Å². The Morgan fingerprint density at radius 3 is 2.71 bits per heavy atom. The van der Waals surface area contributed by atoms with Crippen molar-refractivity contribution >= 4 is 29.1 Å². The zero-order valence-corrected chi connectivity index (χ0v) is 9.35. The Morgan fingerprint density at radius 2 is 2.29 bits per heavy atom. The normalized spacial score (nSPS) is 23.6. The zero-order valence-electron chi connectivity index (χ0n) is 8.53. The SMILES string of the molecule is CCC(C)C1C(=O)NC(=S)N1C(C)=O. The van der Waals surface area contributed by atoms with Gasteiger partial charge in [0.25, 0.3) is 0 Å². The number of thiocarbonyl (C=S) groups is 1. The van der Waals surface area contributed by atoms with E-state index >= 15 is 0 Å². The van der Waals surface area contributed by atoms with Crippen molar-refractivity contribution in [3.8, 4) is 0 Å². The largest absolute Gasteiger partial charge is 0.301 e. The first-order chi connectivity index (χ1) is 6.49. The predicted molar refractivity (Wildman–Crippen MR) is 56.5 cm³/mol. The number of carbonyl (C=O) groups excluding carboxylic acids is 2. The van der Waals surface area contributed by atoms with E-state index in [0.717, 1.165) is 6.42 Å². The van der Waals surface area contributed by atoms with Gasteiger partial charge >= 0.3 is 0 Å². The van der Waals surface area contributed by atoms with Crippen LogP contribution in [0.25, 0.3) is 0 Å². The molecule has 1 saturated heterocycles. The van der Waals surface area contributed by atoms with Crippen molar-refractivity contribution in [2.24, 2.45) is 5.92 Å². The van der Waals surface area contributed by atoms with E-state index in [2.05, 4.69) is 5.32 Å². The van der Waals surface area contributed by atoms with Gasteiger partial charge in [-0.3, -0.25) is 14.5 Å². The average Bonchev–Trinajstić information content (AvgIpc) is 2.39. The molecule has 5 heteroatoms. The Bertz CT molecular complexity index is 291. The Labute approximate surface area is 88.6 Å². The fourth-order valence-corrected chi connectivity index (χ4v) is 1.90. The van der Waals surface area contributed by atoms with Gasteiger partial charge in [0.05, 0.1) is 0 Å². The molecule has 78 valence electrons. The van der Waals surface area contributed by atoms with Crippen LogP contribution >= 0.6 is 12.2 Å². The average molecular weight is 214 g/mol. The lowest BCUT2D eigenvalue weighted by molar-refractivity contribution is -0.132. The van der Waals surface area contributed by atoms with E-state index < -0.39 is 6.04 Å². The summed E-state index contributed by atoms with van der Waals surface area (Å²) in [7, 11) is 0. The summed E-state index contributed by atoms with van der Waals surface area (Å²) in [6, 6.07) is -0.426. The smallest absolute Gasteiger partial charge is 0.249 e. The maximum Gasteiger partial charge on any atom is 0.249 e. The van der Waals surface area contributed by atoms with E-state index in [9.17, 15) is 9.59 Å². The molecule has 14 heavy (non-hydrogen) atoms. The summed E-state index contributed by atoms with van der Waals surface area (Å²) in [6.45, 7) is 5.34. The molecule has 0 saturated carbocycles. The summed E-state index contributed by atoms with van der Waals surface area (Å²) in [5.41, 5.74) is 0. The van der Waals surface area contributed by atoms with Crippen molar-refractivity contribution in [3.05, 3.63) is 0 Å². The van der Waals surface area contributed by atoms with Crippen LogP contribution in [0.3, 0.4) is 0 Å². The minimum absolute atomic E-state index is 0.124. The quantitative estimate of drug-likeness (QED) is 0.687.